The first-order valence-corrected chi connectivity index (χ1v) is 8.48. The molecule has 0 aliphatic heterocycles. The molecule has 4 nitrogen and oxygen atoms in total. The van der Waals surface area contributed by atoms with Gasteiger partial charge in [-0.2, -0.15) is 0 Å². The van der Waals surface area contributed by atoms with Gasteiger partial charge in [-0.25, -0.2) is 0 Å². The Morgan fingerprint density at radius 1 is 1.17 bits per heavy atom. The highest BCUT2D eigenvalue weighted by Crippen LogP contribution is 2.52. The van der Waals surface area contributed by atoms with E-state index in [1.165, 1.54) is 5.56 Å². The molecule has 23 heavy (non-hydrogen) atoms. The minimum Gasteiger partial charge on any atom is -0.481 e. The number of aliphatic carboxylic acids is 1. The molecule has 2 bridgehead atoms. The number of benzene rings is 1. The van der Waals surface area contributed by atoms with E-state index in [1.54, 1.807) is 0 Å². The standard InChI is InChI=1S/C19H25NO3/c1-10-4-7-15(11(2)8-10)12(3)20-18(21)16-13-5-6-14(9-13)17(16)19(22)23/h4,7-8,12-14,16-17H,5-6,9H2,1-3H3,(H,20,21)(H,22,23)/t12-,13+,14-,16+,17-/m0/s1. The van der Waals surface area contributed by atoms with E-state index >= 15 is 0 Å². The third-order valence-electron chi connectivity index (χ3n) is 5.75. The van der Waals surface area contributed by atoms with Crippen LogP contribution in [0, 0.1) is 37.5 Å². The van der Waals surface area contributed by atoms with Crippen molar-refractivity contribution in [2.24, 2.45) is 23.7 Å². The molecule has 2 N–H and O–H groups in total. The lowest BCUT2D eigenvalue weighted by Gasteiger charge is -2.28. The number of nitrogens with one attached hydrogen (secondary N) is 1. The van der Waals surface area contributed by atoms with Crippen molar-refractivity contribution in [3.05, 3.63) is 34.9 Å². The van der Waals surface area contributed by atoms with Crippen LogP contribution in [0.3, 0.4) is 0 Å². The van der Waals surface area contributed by atoms with Gasteiger partial charge in [0.05, 0.1) is 17.9 Å². The van der Waals surface area contributed by atoms with Gasteiger partial charge in [0, 0.05) is 0 Å². The molecule has 3 rings (SSSR count). The van der Waals surface area contributed by atoms with Crippen molar-refractivity contribution in [1.29, 1.82) is 0 Å². The summed E-state index contributed by atoms with van der Waals surface area (Å²) < 4.78 is 0. The first-order chi connectivity index (χ1) is 10.9. The summed E-state index contributed by atoms with van der Waals surface area (Å²) >= 11 is 0. The van der Waals surface area contributed by atoms with Crippen LogP contribution in [0.15, 0.2) is 18.2 Å². The number of aryl methyl sites for hydroxylation is 2. The van der Waals surface area contributed by atoms with Crippen molar-refractivity contribution >= 4 is 11.9 Å². The molecule has 2 aliphatic carbocycles. The van der Waals surface area contributed by atoms with Crippen molar-refractivity contribution in [1.82, 2.24) is 5.32 Å². The summed E-state index contributed by atoms with van der Waals surface area (Å²) in [5.74, 6) is -1.33. The molecule has 1 aromatic carbocycles. The second kappa shape index (κ2) is 5.99. The monoisotopic (exact) mass is 315 g/mol. The first-order valence-electron chi connectivity index (χ1n) is 8.48. The van der Waals surface area contributed by atoms with Crippen LogP contribution in [0.4, 0.5) is 0 Å². The van der Waals surface area contributed by atoms with Gasteiger partial charge in [-0.1, -0.05) is 23.8 Å². The van der Waals surface area contributed by atoms with Gasteiger partial charge in [0.25, 0.3) is 0 Å². The molecular formula is C19H25NO3. The fraction of sp³-hybridized carbons (Fsp3) is 0.579. The Balaban J connectivity index is 1.74. The van der Waals surface area contributed by atoms with Crippen LogP contribution < -0.4 is 5.32 Å². The smallest absolute Gasteiger partial charge is 0.307 e. The number of carboxylic acid groups (broad SMARTS) is 1. The molecule has 0 heterocycles. The van der Waals surface area contributed by atoms with E-state index in [1.807, 2.05) is 32.9 Å². The van der Waals surface area contributed by atoms with Gasteiger partial charge in [0.2, 0.25) is 5.91 Å². The van der Waals surface area contributed by atoms with Crippen LogP contribution in [-0.2, 0) is 9.59 Å². The summed E-state index contributed by atoms with van der Waals surface area (Å²) in [6, 6.07) is 6.10. The molecule has 124 valence electrons. The molecule has 5 atom stereocenters. The summed E-state index contributed by atoms with van der Waals surface area (Å²) in [7, 11) is 0. The predicted octanol–water partition coefficient (Wildman–Crippen LogP) is 3.23. The second-order valence-corrected chi connectivity index (χ2v) is 7.31. The summed E-state index contributed by atoms with van der Waals surface area (Å²) in [5, 5.41) is 12.6. The summed E-state index contributed by atoms with van der Waals surface area (Å²) in [6.07, 6.45) is 2.84. The van der Waals surface area contributed by atoms with E-state index in [2.05, 4.69) is 11.4 Å². The average Bonchev–Trinajstić information content (AvgIpc) is 3.07. The van der Waals surface area contributed by atoms with Gasteiger partial charge in [0.15, 0.2) is 0 Å². The average molecular weight is 315 g/mol. The Labute approximate surface area is 137 Å². The van der Waals surface area contributed by atoms with E-state index in [4.69, 9.17) is 0 Å². The lowest BCUT2D eigenvalue weighted by Crippen LogP contribution is -2.42. The molecule has 4 heteroatoms. The molecule has 0 radical (unpaired) electrons. The van der Waals surface area contributed by atoms with Crippen LogP contribution in [-0.4, -0.2) is 17.0 Å². The van der Waals surface area contributed by atoms with E-state index in [9.17, 15) is 14.7 Å². The fourth-order valence-corrected chi connectivity index (χ4v) is 4.72. The minimum absolute atomic E-state index is 0.0860. The van der Waals surface area contributed by atoms with Crippen LogP contribution in [0.2, 0.25) is 0 Å². The topological polar surface area (TPSA) is 66.4 Å². The zero-order chi connectivity index (χ0) is 16.7. The van der Waals surface area contributed by atoms with E-state index in [0.717, 1.165) is 30.4 Å². The van der Waals surface area contributed by atoms with Crippen LogP contribution in [0.5, 0.6) is 0 Å². The molecule has 0 unspecified atom stereocenters. The fourth-order valence-electron chi connectivity index (χ4n) is 4.72. The number of hydrogen-bond acceptors (Lipinski definition) is 2. The molecule has 2 fully saturated rings. The largest absolute Gasteiger partial charge is 0.481 e. The molecule has 1 aromatic rings. The lowest BCUT2D eigenvalue weighted by molar-refractivity contribution is -0.149. The normalized spacial score (nSPS) is 30.2. The summed E-state index contributed by atoms with van der Waals surface area (Å²) in [4.78, 5) is 24.3. The summed E-state index contributed by atoms with van der Waals surface area (Å²) in [6.45, 7) is 6.06. The number of carbonyl (C=O) groups is 2. The highest BCUT2D eigenvalue weighted by molar-refractivity contribution is 5.86. The molecule has 2 saturated carbocycles. The maximum atomic E-state index is 12.7. The molecule has 0 saturated heterocycles. The number of carboxylic acids is 1. The Morgan fingerprint density at radius 3 is 2.43 bits per heavy atom. The van der Waals surface area contributed by atoms with Gasteiger partial charge in [-0.15, -0.1) is 0 Å². The Morgan fingerprint density at radius 2 is 1.83 bits per heavy atom. The molecule has 0 aromatic heterocycles. The van der Waals surface area contributed by atoms with Gasteiger partial charge < -0.3 is 10.4 Å². The predicted molar refractivity (Wildman–Crippen MR) is 87.9 cm³/mol. The van der Waals surface area contributed by atoms with Crippen molar-refractivity contribution in [3.63, 3.8) is 0 Å². The van der Waals surface area contributed by atoms with Crippen LogP contribution in [0.1, 0.15) is 48.9 Å². The van der Waals surface area contributed by atoms with Crippen molar-refractivity contribution in [3.8, 4) is 0 Å². The van der Waals surface area contributed by atoms with E-state index in [0.29, 0.717) is 0 Å². The Bertz CT molecular complexity index is 640. The van der Waals surface area contributed by atoms with Gasteiger partial charge in [0.1, 0.15) is 0 Å². The van der Waals surface area contributed by atoms with Crippen LogP contribution >= 0.6 is 0 Å². The van der Waals surface area contributed by atoms with E-state index < -0.39 is 11.9 Å². The summed E-state index contributed by atoms with van der Waals surface area (Å²) in [5.41, 5.74) is 3.45. The number of carbonyl (C=O) groups excluding carboxylic acids is 1. The van der Waals surface area contributed by atoms with Crippen molar-refractivity contribution in [2.75, 3.05) is 0 Å². The first kappa shape index (κ1) is 16.0. The zero-order valence-corrected chi connectivity index (χ0v) is 14.0. The second-order valence-electron chi connectivity index (χ2n) is 7.31. The molecule has 0 spiro atoms. The maximum Gasteiger partial charge on any atom is 0.307 e. The minimum atomic E-state index is -0.809. The maximum absolute atomic E-state index is 12.7. The Hall–Kier alpha value is -1.84. The van der Waals surface area contributed by atoms with Crippen molar-refractivity contribution < 1.29 is 14.7 Å². The van der Waals surface area contributed by atoms with Gasteiger partial charge in [-0.3, -0.25) is 9.59 Å². The van der Waals surface area contributed by atoms with Crippen molar-refractivity contribution in [2.45, 2.75) is 46.1 Å². The molecule has 1 amide bonds. The molecule has 2 aliphatic rings. The Kier molecular flexibility index (Phi) is 4.17. The lowest BCUT2D eigenvalue weighted by atomic mass is 9.78. The molecular weight excluding hydrogens is 290 g/mol. The third-order valence-corrected chi connectivity index (χ3v) is 5.75. The zero-order valence-electron chi connectivity index (χ0n) is 14.0. The number of amides is 1. The number of rotatable bonds is 4. The van der Waals surface area contributed by atoms with E-state index in [-0.39, 0.29) is 29.7 Å². The number of hydrogen-bond donors (Lipinski definition) is 2. The highest BCUT2D eigenvalue weighted by Gasteiger charge is 2.54. The number of fused-ring (bicyclic) bond motifs is 2. The third kappa shape index (κ3) is 2.87. The SMILES string of the molecule is Cc1ccc([C@H](C)NC(=O)[C@@H]2[C@@H]3CC[C@@H](C3)[C@@H]2C(=O)O)c(C)c1. The van der Waals surface area contributed by atoms with Crippen LogP contribution in [0.25, 0.3) is 0 Å². The van der Waals surface area contributed by atoms with Gasteiger partial charge in [-0.05, 0) is 63.0 Å². The quantitative estimate of drug-likeness (QED) is 0.896. The van der Waals surface area contributed by atoms with Gasteiger partial charge >= 0.3 is 5.97 Å². The highest BCUT2D eigenvalue weighted by atomic mass is 16.4.